The van der Waals surface area contributed by atoms with Crippen molar-refractivity contribution in [2.75, 3.05) is 0 Å². The van der Waals surface area contributed by atoms with Crippen molar-refractivity contribution in [2.45, 2.75) is 20.8 Å². The number of nitrogens with zero attached hydrogens (tertiary/aromatic N) is 8. The third-order valence-corrected chi connectivity index (χ3v) is 7.48. The number of hydrogen-bond acceptors (Lipinski definition) is 7. The molecule has 0 amide bonds. The maximum Gasteiger partial charge on any atom is 0.180 e. The summed E-state index contributed by atoms with van der Waals surface area (Å²) in [5.41, 5.74) is 6.21. The quantitative estimate of drug-likeness (QED) is 0.206. The number of fused-ring (bicyclic) bond motifs is 1. The fraction of sp³-hybridized carbons (Fsp3) is 0.0882. The van der Waals surface area contributed by atoms with Gasteiger partial charge in [-0.15, -0.1) is 10.2 Å². The molecule has 3 aromatic carbocycles. The number of aryl methyl sites for hydroxylation is 1. The first kappa shape index (κ1) is 26.8. The second-order valence-corrected chi connectivity index (χ2v) is 10.4. The summed E-state index contributed by atoms with van der Waals surface area (Å²) in [5.74, 6) is -0.416. The molecule has 0 bridgehead atoms. The van der Waals surface area contributed by atoms with Crippen LogP contribution in [0.5, 0.6) is 0 Å². The topological polar surface area (TPSA) is 113 Å². The van der Waals surface area contributed by atoms with Crippen LogP contribution in [-0.4, -0.2) is 51.1 Å². The van der Waals surface area contributed by atoms with Gasteiger partial charge in [-0.25, -0.2) is 14.0 Å². The van der Waals surface area contributed by atoms with Crippen molar-refractivity contribution in [3.05, 3.63) is 120 Å². The van der Waals surface area contributed by atoms with E-state index in [-0.39, 0.29) is 23.0 Å². The van der Waals surface area contributed by atoms with Crippen LogP contribution in [0.1, 0.15) is 40.5 Å². The zero-order chi connectivity index (χ0) is 30.4. The summed E-state index contributed by atoms with van der Waals surface area (Å²) in [7, 11) is 0. The number of benzene rings is 3. The van der Waals surface area contributed by atoms with E-state index in [9.17, 15) is 9.59 Å². The van der Waals surface area contributed by atoms with Crippen LogP contribution in [0.4, 0.5) is 0 Å². The summed E-state index contributed by atoms with van der Waals surface area (Å²) in [4.78, 5) is 25.7. The summed E-state index contributed by atoms with van der Waals surface area (Å²) >= 11 is 0. The summed E-state index contributed by atoms with van der Waals surface area (Å²) in [6.45, 7) is 4.91. The maximum absolute atomic E-state index is 12.9. The van der Waals surface area contributed by atoms with Crippen LogP contribution in [0.3, 0.4) is 0 Å². The monoisotopic (exact) mass is 578 g/mol. The van der Waals surface area contributed by atoms with Gasteiger partial charge in [0.05, 0.1) is 39.3 Å². The molecule has 0 N–H and O–H groups in total. The molecule has 0 fully saturated rings. The average molecular weight is 579 g/mol. The number of para-hydroxylation sites is 3. The van der Waals surface area contributed by atoms with Gasteiger partial charge in [0.25, 0.3) is 0 Å². The molecule has 44 heavy (non-hydrogen) atoms. The highest BCUT2D eigenvalue weighted by atomic mass is 16.1. The van der Waals surface area contributed by atoms with Gasteiger partial charge in [-0.2, -0.15) is 15.3 Å². The lowest BCUT2D eigenvalue weighted by atomic mass is 10.0. The van der Waals surface area contributed by atoms with Crippen molar-refractivity contribution < 1.29 is 9.59 Å². The van der Waals surface area contributed by atoms with Gasteiger partial charge in [0.15, 0.2) is 11.6 Å². The van der Waals surface area contributed by atoms with Crippen molar-refractivity contribution in [2.24, 2.45) is 0 Å². The van der Waals surface area contributed by atoms with E-state index in [1.807, 2.05) is 103 Å². The lowest BCUT2D eigenvalue weighted by molar-refractivity contribution is 0.100. The third-order valence-electron chi connectivity index (χ3n) is 7.48. The molecule has 0 aliphatic carbocycles. The molecule has 7 aromatic rings. The second-order valence-electron chi connectivity index (χ2n) is 10.4. The number of rotatable bonds is 7. The van der Waals surface area contributed by atoms with Crippen LogP contribution in [0.25, 0.3) is 50.5 Å². The highest BCUT2D eigenvalue weighted by Crippen LogP contribution is 2.37. The second kappa shape index (κ2) is 10.7. The first-order chi connectivity index (χ1) is 21.4. The molecular weight excluding hydrogens is 552 g/mol. The lowest BCUT2D eigenvalue weighted by Gasteiger charge is -2.06. The molecule has 0 radical (unpaired) electrons. The van der Waals surface area contributed by atoms with E-state index in [1.54, 1.807) is 21.8 Å². The van der Waals surface area contributed by atoms with E-state index < -0.39 is 0 Å². The Morgan fingerprint density at radius 1 is 0.568 bits per heavy atom. The number of ketones is 2. The molecule has 10 nitrogen and oxygen atoms in total. The highest BCUT2D eigenvalue weighted by molar-refractivity contribution is 6.08. The van der Waals surface area contributed by atoms with Crippen LogP contribution in [-0.2, 0) is 0 Å². The van der Waals surface area contributed by atoms with Crippen LogP contribution >= 0.6 is 0 Å². The Hall–Kier alpha value is -6.03. The fourth-order valence-electron chi connectivity index (χ4n) is 5.38. The maximum atomic E-state index is 12.9. The van der Waals surface area contributed by atoms with E-state index in [4.69, 9.17) is 10.2 Å². The van der Waals surface area contributed by atoms with E-state index in [0.29, 0.717) is 33.4 Å². The van der Waals surface area contributed by atoms with Gasteiger partial charge in [0.1, 0.15) is 28.3 Å². The molecule has 4 aromatic heterocycles. The fourth-order valence-corrected chi connectivity index (χ4v) is 5.38. The van der Waals surface area contributed by atoms with Gasteiger partial charge >= 0.3 is 0 Å². The SMILES string of the molecule is CC(=O)c1nn(-c2ccccc2)cc1-c1nnc(-c2cn(-c3ccccc3)nc2C(C)=O)c2c(C)n(-c3ccccc3)nc12. The van der Waals surface area contributed by atoms with Crippen LogP contribution in [0.2, 0.25) is 0 Å². The number of aromatic nitrogens is 8. The standard InChI is InChI=1S/C34H26N8O2/c1-21-29-32(27-19-40(37-30(27)22(2)43)24-13-7-4-8-14-24)35-36-33(34(29)39-42(21)26-17-11-6-12-18-26)28-20-41(38-31(28)23(3)44)25-15-9-5-10-16-25/h4-20H,1-3H3. The molecule has 0 saturated heterocycles. The predicted molar refractivity (Wildman–Crippen MR) is 167 cm³/mol. The Morgan fingerprint density at radius 2 is 1.00 bits per heavy atom. The smallest absolute Gasteiger partial charge is 0.180 e. The molecule has 4 heterocycles. The number of hydrogen-bond donors (Lipinski definition) is 0. The Morgan fingerprint density at radius 3 is 1.48 bits per heavy atom. The van der Waals surface area contributed by atoms with Gasteiger partial charge in [-0.1, -0.05) is 54.6 Å². The Balaban J connectivity index is 1.52. The molecule has 0 saturated carbocycles. The number of carbonyl (C=O) groups excluding carboxylic acids is 2. The zero-order valence-electron chi connectivity index (χ0n) is 24.2. The molecule has 214 valence electrons. The Kier molecular flexibility index (Phi) is 6.51. The largest absolute Gasteiger partial charge is 0.293 e. The van der Waals surface area contributed by atoms with Gasteiger partial charge < -0.3 is 0 Å². The average Bonchev–Trinajstić information content (AvgIpc) is 3.78. The van der Waals surface area contributed by atoms with Crippen molar-refractivity contribution in [3.8, 4) is 39.6 Å². The summed E-state index contributed by atoms with van der Waals surface area (Å²) in [5, 5.41) is 24.3. The highest BCUT2D eigenvalue weighted by Gasteiger charge is 2.27. The van der Waals surface area contributed by atoms with Crippen LogP contribution < -0.4 is 0 Å². The van der Waals surface area contributed by atoms with Gasteiger partial charge in [0.2, 0.25) is 0 Å². The van der Waals surface area contributed by atoms with Gasteiger partial charge in [0, 0.05) is 26.2 Å². The van der Waals surface area contributed by atoms with Gasteiger partial charge in [-0.3, -0.25) is 9.59 Å². The molecule has 0 spiro atoms. The minimum Gasteiger partial charge on any atom is -0.293 e. The number of carbonyl (C=O) groups is 2. The first-order valence-electron chi connectivity index (χ1n) is 14.0. The third kappa shape index (κ3) is 4.49. The summed E-state index contributed by atoms with van der Waals surface area (Å²) < 4.78 is 5.15. The van der Waals surface area contributed by atoms with Crippen LogP contribution in [0.15, 0.2) is 103 Å². The predicted octanol–water partition coefficient (Wildman–Crippen LogP) is 6.23. The molecule has 10 heteroatoms. The Labute approximate surface area is 252 Å². The van der Waals surface area contributed by atoms with Crippen molar-refractivity contribution in [3.63, 3.8) is 0 Å². The van der Waals surface area contributed by atoms with E-state index in [2.05, 4.69) is 15.3 Å². The van der Waals surface area contributed by atoms with E-state index in [1.165, 1.54) is 13.8 Å². The zero-order valence-corrected chi connectivity index (χ0v) is 24.2. The first-order valence-corrected chi connectivity index (χ1v) is 14.0. The van der Waals surface area contributed by atoms with E-state index >= 15 is 0 Å². The Bertz CT molecular complexity index is 2180. The molecular formula is C34H26N8O2. The molecule has 7 rings (SSSR count). The molecule has 0 unspecified atom stereocenters. The minimum atomic E-state index is -0.212. The summed E-state index contributed by atoms with van der Waals surface area (Å²) in [6, 6.07) is 28.9. The van der Waals surface area contributed by atoms with Gasteiger partial charge in [-0.05, 0) is 43.3 Å². The minimum absolute atomic E-state index is 0.204. The normalized spacial score (nSPS) is 11.2. The van der Waals surface area contributed by atoms with Crippen LogP contribution in [0, 0.1) is 6.92 Å². The number of Topliss-reactive ketones (excluding diaryl/α,β-unsaturated/α-hetero) is 2. The molecule has 0 atom stereocenters. The van der Waals surface area contributed by atoms with Crippen molar-refractivity contribution in [1.29, 1.82) is 0 Å². The van der Waals surface area contributed by atoms with Crippen molar-refractivity contribution in [1.82, 2.24) is 39.5 Å². The molecule has 0 aliphatic heterocycles. The lowest BCUT2D eigenvalue weighted by Crippen LogP contribution is -2.02. The molecule has 0 aliphatic rings. The van der Waals surface area contributed by atoms with E-state index in [0.717, 1.165) is 22.8 Å². The van der Waals surface area contributed by atoms with Crippen molar-refractivity contribution >= 4 is 22.5 Å². The summed E-state index contributed by atoms with van der Waals surface area (Å²) in [6.07, 6.45) is 3.57.